The molecule has 0 fully saturated rings. The standard InChI is InChI=1S/C14H16Br2N2O/c1-18(9-11-3-2-6-19-11)14(8-17)10-4-5-12(15)13(16)7-10/h2-7,14H,8-9,17H2,1H3. The number of hydrogen-bond acceptors (Lipinski definition) is 3. The van der Waals surface area contributed by atoms with Crippen molar-refractivity contribution in [1.29, 1.82) is 0 Å². The first-order valence-electron chi connectivity index (χ1n) is 5.99. The lowest BCUT2D eigenvalue weighted by atomic mass is 10.1. The second-order valence-electron chi connectivity index (χ2n) is 4.42. The van der Waals surface area contributed by atoms with Gasteiger partial charge < -0.3 is 10.2 Å². The summed E-state index contributed by atoms with van der Waals surface area (Å²) in [5.74, 6) is 0.942. The Bertz CT molecular complexity index is 528. The van der Waals surface area contributed by atoms with E-state index in [0.29, 0.717) is 6.54 Å². The van der Waals surface area contributed by atoms with Gasteiger partial charge in [0, 0.05) is 21.5 Å². The van der Waals surface area contributed by atoms with Crippen molar-refractivity contribution in [3.63, 3.8) is 0 Å². The fourth-order valence-electron chi connectivity index (χ4n) is 2.05. The summed E-state index contributed by atoms with van der Waals surface area (Å²) in [5.41, 5.74) is 7.11. The number of rotatable bonds is 5. The first kappa shape index (κ1) is 14.8. The van der Waals surface area contributed by atoms with Crippen LogP contribution in [0.2, 0.25) is 0 Å². The van der Waals surface area contributed by atoms with E-state index in [2.05, 4.69) is 55.9 Å². The van der Waals surface area contributed by atoms with E-state index in [0.717, 1.165) is 21.3 Å². The van der Waals surface area contributed by atoms with Gasteiger partial charge in [-0.2, -0.15) is 0 Å². The third kappa shape index (κ3) is 3.69. The van der Waals surface area contributed by atoms with Gasteiger partial charge in [0.1, 0.15) is 5.76 Å². The summed E-state index contributed by atoms with van der Waals surface area (Å²) in [6, 6.07) is 10.3. The van der Waals surface area contributed by atoms with E-state index in [1.807, 2.05) is 18.2 Å². The van der Waals surface area contributed by atoms with Crippen molar-refractivity contribution >= 4 is 31.9 Å². The smallest absolute Gasteiger partial charge is 0.117 e. The van der Waals surface area contributed by atoms with E-state index >= 15 is 0 Å². The zero-order valence-corrected chi connectivity index (χ0v) is 13.8. The molecule has 1 atom stereocenters. The van der Waals surface area contributed by atoms with Crippen molar-refractivity contribution in [3.8, 4) is 0 Å². The molecule has 3 nitrogen and oxygen atoms in total. The minimum absolute atomic E-state index is 0.162. The van der Waals surface area contributed by atoms with Crippen molar-refractivity contribution < 1.29 is 4.42 Å². The van der Waals surface area contributed by atoms with Gasteiger partial charge in [0.25, 0.3) is 0 Å². The molecule has 1 aromatic heterocycles. The average molecular weight is 388 g/mol. The quantitative estimate of drug-likeness (QED) is 0.844. The van der Waals surface area contributed by atoms with Crippen LogP contribution in [0.15, 0.2) is 50.0 Å². The molecule has 0 amide bonds. The van der Waals surface area contributed by atoms with E-state index in [1.165, 1.54) is 5.56 Å². The molecule has 0 aliphatic rings. The van der Waals surface area contributed by atoms with Gasteiger partial charge in [-0.1, -0.05) is 6.07 Å². The lowest BCUT2D eigenvalue weighted by molar-refractivity contribution is 0.223. The Morgan fingerprint density at radius 1 is 1.26 bits per heavy atom. The molecule has 2 N–H and O–H groups in total. The number of hydrogen-bond donors (Lipinski definition) is 1. The molecule has 1 aromatic carbocycles. The van der Waals surface area contributed by atoms with E-state index in [1.54, 1.807) is 6.26 Å². The molecule has 0 saturated heterocycles. The molecule has 2 aromatic rings. The van der Waals surface area contributed by atoms with Crippen molar-refractivity contribution in [2.24, 2.45) is 5.73 Å². The van der Waals surface area contributed by atoms with E-state index in [-0.39, 0.29) is 6.04 Å². The van der Waals surface area contributed by atoms with Gasteiger partial charge >= 0.3 is 0 Å². The summed E-state index contributed by atoms with van der Waals surface area (Å²) in [6.45, 7) is 1.30. The van der Waals surface area contributed by atoms with Crippen LogP contribution in [0.3, 0.4) is 0 Å². The van der Waals surface area contributed by atoms with Crippen LogP contribution in [0.1, 0.15) is 17.4 Å². The predicted molar refractivity (Wildman–Crippen MR) is 83.8 cm³/mol. The van der Waals surface area contributed by atoms with Crippen molar-refractivity contribution in [2.75, 3.05) is 13.6 Å². The third-order valence-corrected chi connectivity index (χ3v) is 4.95. The average Bonchev–Trinajstić information content (AvgIpc) is 2.87. The van der Waals surface area contributed by atoms with Crippen molar-refractivity contribution in [3.05, 3.63) is 56.9 Å². The van der Waals surface area contributed by atoms with Gasteiger partial charge in [0.15, 0.2) is 0 Å². The molecule has 0 aliphatic carbocycles. The van der Waals surface area contributed by atoms with Crippen LogP contribution < -0.4 is 5.73 Å². The first-order valence-corrected chi connectivity index (χ1v) is 7.58. The third-order valence-electron chi connectivity index (χ3n) is 3.07. The Balaban J connectivity index is 2.16. The number of halogens is 2. The van der Waals surface area contributed by atoms with E-state index in [9.17, 15) is 0 Å². The Morgan fingerprint density at radius 2 is 2.05 bits per heavy atom. The van der Waals surface area contributed by atoms with Gasteiger partial charge in [-0.25, -0.2) is 0 Å². The first-order chi connectivity index (χ1) is 9.11. The molecule has 5 heteroatoms. The highest BCUT2D eigenvalue weighted by atomic mass is 79.9. The normalized spacial score (nSPS) is 12.9. The lowest BCUT2D eigenvalue weighted by Gasteiger charge is -2.26. The van der Waals surface area contributed by atoms with Crippen LogP contribution in [0.4, 0.5) is 0 Å². The molecule has 1 unspecified atom stereocenters. The Labute approximate surface area is 130 Å². The number of likely N-dealkylation sites (N-methyl/N-ethyl adjacent to an activating group) is 1. The topological polar surface area (TPSA) is 42.4 Å². The maximum absolute atomic E-state index is 5.92. The second-order valence-corrected chi connectivity index (χ2v) is 6.13. The zero-order chi connectivity index (χ0) is 13.8. The molecule has 2 rings (SSSR count). The fraction of sp³-hybridized carbons (Fsp3) is 0.286. The van der Waals surface area contributed by atoms with Gasteiger partial charge in [-0.05, 0) is 68.7 Å². The molecule has 0 radical (unpaired) electrons. The molecule has 0 saturated carbocycles. The van der Waals surface area contributed by atoms with Gasteiger partial charge in [0.2, 0.25) is 0 Å². The summed E-state index contributed by atoms with van der Waals surface area (Å²) in [6.07, 6.45) is 1.69. The van der Waals surface area contributed by atoms with Crippen molar-refractivity contribution in [1.82, 2.24) is 4.90 Å². The summed E-state index contributed by atoms with van der Waals surface area (Å²) < 4.78 is 7.46. The van der Waals surface area contributed by atoms with Crippen LogP contribution in [-0.4, -0.2) is 18.5 Å². The van der Waals surface area contributed by atoms with Crippen LogP contribution in [0.25, 0.3) is 0 Å². The highest BCUT2D eigenvalue weighted by molar-refractivity contribution is 9.13. The van der Waals surface area contributed by atoms with Crippen LogP contribution in [0.5, 0.6) is 0 Å². The predicted octanol–water partition coefficient (Wildman–Crippen LogP) is 3.94. The summed E-state index contributed by atoms with van der Waals surface area (Å²) in [5, 5.41) is 0. The van der Waals surface area contributed by atoms with Crippen molar-refractivity contribution in [2.45, 2.75) is 12.6 Å². The molecule has 0 aliphatic heterocycles. The zero-order valence-electron chi connectivity index (χ0n) is 10.6. The maximum atomic E-state index is 5.92. The van der Waals surface area contributed by atoms with Crippen LogP contribution >= 0.6 is 31.9 Å². The van der Waals surface area contributed by atoms with E-state index < -0.39 is 0 Å². The van der Waals surface area contributed by atoms with Gasteiger partial charge in [-0.3, -0.25) is 4.90 Å². The Hall–Kier alpha value is -0.620. The summed E-state index contributed by atoms with van der Waals surface area (Å²) in [7, 11) is 2.05. The number of nitrogens with two attached hydrogens (primary N) is 1. The SMILES string of the molecule is CN(Cc1ccco1)C(CN)c1ccc(Br)c(Br)c1. The minimum Gasteiger partial charge on any atom is -0.468 e. The largest absolute Gasteiger partial charge is 0.468 e. The molecule has 0 bridgehead atoms. The molecule has 102 valence electrons. The van der Waals surface area contributed by atoms with Crippen LogP contribution in [-0.2, 0) is 6.54 Å². The Morgan fingerprint density at radius 3 is 2.63 bits per heavy atom. The fourth-order valence-corrected chi connectivity index (χ4v) is 2.69. The number of nitrogens with zero attached hydrogens (tertiary/aromatic N) is 1. The minimum atomic E-state index is 0.162. The maximum Gasteiger partial charge on any atom is 0.117 e. The number of benzene rings is 1. The second kappa shape index (κ2) is 6.70. The number of furan rings is 1. The van der Waals surface area contributed by atoms with Crippen LogP contribution in [0, 0.1) is 0 Å². The van der Waals surface area contributed by atoms with Gasteiger partial charge in [-0.15, -0.1) is 0 Å². The molecule has 19 heavy (non-hydrogen) atoms. The monoisotopic (exact) mass is 386 g/mol. The van der Waals surface area contributed by atoms with Gasteiger partial charge in [0.05, 0.1) is 12.8 Å². The van der Waals surface area contributed by atoms with E-state index in [4.69, 9.17) is 10.2 Å². The highest BCUT2D eigenvalue weighted by Gasteiger charge is 2.17. The highest BCUT2D eigenvalue weighted by Crippen LogP contribution is 2.28. The molecule has 0 spiro atoms. The Kier molecular flexibility index (Phi) is 5.21. The molecular weight excluding hydrogens is 372 g/mol. The molecular formula is C14H16Br2N2O. The summed E-state index contributed by atoms with van der Waals surface area (Å²) >= 11 is 7.01. The lowest BCUT2D eigenvalue weighted by Crippen LogP contribution is -2.30. The molecule has 1 heterocycles. The summed E-state index contributed by atoms with van der Waals surface area (Å²) in [4.78, 5) is 2.19.